The predicted octanol–water partition coefficient (Wildman–Crippen LogP) is 4.32. The predicted molar refractivity (Wildman–Crippen MR) is 92.6 cm³/mol. The maximum atomic E-state index is 12.2. The SMILES string of the molecule is CCOc1ccccc1CCC(=O)Nc1cc(Cl)ccc1OC. The Balaban J connectivity index is 2.00. The lowest BCUT2D eigenvalue weighted by Gasteiger charge is -2.12. The van der Waals surface area contributed by atoms with Gasteiger partial charge in [-0.2, -0.15) is 0 Å². The van der Waals surface area contributed by atoms with Crippen LogP contribution in [0.4, 0.5) is 5.69 Å². The smallest absolute Gasteiger partial charge is 0.224 e. The molecule has 0 atom stereocenters. The van der Waals surface area contributed by atoms with E-state index < -0.39 is 0 Å². The summed E-state index contributed by atoms with van der Waals surface area (Å²) in [5.41, 5.74) is 1.59. The van der Waals surface area contributed by atoms with Gasteiger partial charge in [-0.3, -0.25) is 4.79 Å². The van der Waals surface area contributed by atoms with Crippen molar-refractivity contribution in [2.45, 2.75) is 19.8 Å². The minimum atomic E-state index is -0.100. The number of halogens is 1. The zero-order valence-electron chi connectivity index (χ0n) is 13.3. The molecule has 1 N–H and O–H groups in total. The Labute approximate surface area is 141 Å². The van der Waals surface area contributed by atoms with Crippen molar-refractivity contribution in [3.63, 3.8) is 0 Å². The zero-order valence-corrected chi connectivity index (χ0v) is 14.0. The molecule has 1 amide bonds. The van der Waals surface area contributed by atoms with Crippen molar-refractivity contribution in [2.24, 2.45) is 0 Å². The van der Waals surface area contributed by atoms with Gasteiger partial charge in [0, 0.05) is 11.4 Å². The molecule has 2 aromatic rings. The number of aryl methyl sites for hydroxylation is 1. The maximum absolute atomic E-state index is 12.2. The van der Waals surface area contributed by atoms with E-state index in [1.54, 1.807) is 25.3 Å². The second-order valence-electron chi connectivity index (χ2n) is 4.93. The van der Waals surface area contributed by atoms with Crippen LogP contribution in [0.15, 0.2) is 42.5 Å². The van der Waals surface area contributed by atoms with E-state index >= 15 is 0 Å². The summed E-state index contributed by atoms with van der Waals surface area (Å²) in [6.45, 7) is 2.54. The Morgan fingerprint density at radius 1 is 1.17 bits per heavy atom. The summed E-state index contributed by atoms with van der Waals surface area (Å²) in [4.78, 5) is 12.2. The van der Waals surface area contributed by atoms with Gasteiger partial charge in [-0.25, -0.2) is 0 Å². The van der Waals surface area contributed by atoms with Gasteiger partial charge in [0.2, 0.25) is 5.91 Å². The van der Waals surface area contributed by atoms with Crippen LogP contribution in [-0.4, -0.2) is 19.6 Å². The molecule has 0 bridgehead atoms. The topological polar surface area (TPSA) is 47.6 Å². The highest BCUT2D eigenvalue weighted by Gasteiger charge is 2.10. The Morgan fingerprint density at radius 3 is 2.70 bits per heavy atom. The molecule has 0 aromatic heterocycles. The number of para-hydroxylation sites is 1. The third kappa shape index (κ3) is 4.89. The summed E-state index contributed by atoms with van der Waals surface area (Å²) in [5, 5.41) is 3.38. The number of anilines is 1. The number of carbonyl (C=O) groups is 1. The molecule has 0 saturated carbocycles. The largest absolute Gasteiger partial charge is 0.495 e. The van der Waals surface area contributed by atoms with E-state index in [1.807, 2.05) is 31.2 Å². The van der Waals surface area contributed by atoms with Gasteiger partial charge >= 0.3 is 0 Å². The molecular weight excluding hydrogens is 314 g/mol. The first-order chi connectivity index (χ1) is 11.1. The molecular formula is C18H20ClNO3. The molecule has 0 fully saturated rings. The minimum absolute atomic E-state index is 0.100. The number of nitrogens with one attached hydrogen (secondary N) is 1. The zero-order chi connectivity index (χ0) is 16.7. The van der Waals surface area contributed by atoms with E-state index in [1.165, 1.54) is 0 Å². The third-order valence-electron chi connectivity index (χ3n) is 3.33. The van der Waals surface area contributed by atoms with Crippen LogP contribution in [0.5, 0.6) is 11.5 Å². The Kier molecular flexibility index (Phi) is 6.29. The highest BCUT2D eigenvalue weighted by molar-refractivity contribution is 6.31. The summed E-state index contributed by atoms with van der Waals surface area (Å²) in [7, 11) is 1.55. The molecule has 0 aliphatic heterocycles. The third-order valence-corrected chi connectivity index (χ3v) is 3.56. The Morgan fingerprint density at radius 2 is 1.96 bits per heavy atom. The van der Waals surface area contributed by atoms with Crippen molar-refractivity contribution in [3.05, 3.63) is 53.1 Å². The van der Waals surface area contributed by atoms with Crippen molar-refractivity contribution in [2.75, 3.05) is 19.0 Å². The number of benzene rings is 2. The quantitative estimate of drug-likeness (QED) is 0.821. The molecule has 5 heteroatoms. The normalized spacial score (nSPS) is 10.2. The second-order valence-corrected chi connectivity index (χ2v) is 5.37. The molecule has 0 aliphatic carbocycles. The summed E-state index contributed by atoms with van der Waals surface area (Å²) >= 11 is 5.96. The van der Waals surface area contributed by atoms with Crippen molar-refractivity contribution in [3.8, 4) is 11.5 Å². The Hall–Kier alpha value is -2.20. The van der Waals surface area contributed by atoms with Crippen LogP contribution in [0, 0.1) is 0 Å². The van der Waals surface area contributed by atoms with Gasteiger partial charge < -0.3 is 14.8 Å². The van der Waals surface area contributed by atoms with Gasteiger partial charge in [0.25, 0.3) is 0 Å². The van der Waals surface area contributed by atoms with Crippen LogP contribution in [0.2, 0.25) is 5.02 Å². The van der Waals surface area contributed by atoms with Crippen LogP contribution >= 0.6 is 11.6 Å². The number of ether oxygens (including phenoxy) is 2. The fourth-order valence-corrected chi connectivity index (χ4v) is 2.42. The van der Waals surface area contributed by atoms with Gasteiger partial charge in [-0.15, -0.1) is 0 Å². The molecule has 2 rings (SSSR count). The number of hydrogen-bond donors (Lipinski definition) is 1. The van der Waals surface area contributed by atoms with Gasteiger partial charge in [0.05, 0.1) is 19.4 Å². The first-order valence-electron chi connectivity index (χ1n) is 7.48. The van der Waals surface area contributed by atoms with E-state index in [4.69, 9.17) is 21.1 Å². The molecule has 2 aromatic carbocycles. The van der Waals surface area contributed by atoms with Crippen LogP contribution in [0.1, 0.15) is 18.9 Å². The van der Waals surface area contributed by atoms with Crippen LogP contribution in [0.25, 0.3) is 0 Å². The summed E-state index contributed by atoms with van der Waals surface area (Å²) in [6.07, 6.45) is 0.949. The lowest BCUT2D eigenvalue weighted by molar-refractivity contribution is -0.116. The lowest BCUT2D eigenvalue weighted by atomic mass is 10.1. The molecule has 0 radical (unpaired) electrons. The maximum Gasteiger partial charge on any atom is 0.224 e. The number of hydrogen-bond acceptors (Lipinski definition) is 3. The molecule has 122 valence electrons. The summed E-state index contributed by atoms with van der Waals surface area (Å²) < 4.78 is 10.8. The fourth-order valence-electron chi connectivity index (χ4n) is 2.25. The highest BCUT2D eigenvalue weighted by Crippen LogP contribution is 2.28. The number of methoxy groups -OCH3 is 1. The van der Waals surface area contributed by atoms with E-state index in [9.17, 15) is 4.79 Å². The van der Waals surface area contributed by atoms with Crippen LogP contribution in [-0.2, 0) is 11.2 Å². The minimum Gasteiger partial charge on any atom is -0.495 e. The second kappa shape index (κ2) is 8.44. The summed E-state index contributed by atoms with van der Waals surface area (Å²) in [5.74, 6) is 1.30. The van der Waals surface area contributed by atoms with Gasteiger partial charge in [0.15, 0.2) is 0 Å². The standard InChI is InChI=1S/C18H20ClNO3/c1-3-23-16-7-5-4-6-13(16)8-11-18(21)20-15-12-14(19)9-10-17(15)22-2/h4-7,9-10,12H,3,8,11H2,1-2H3,(H,20,21). The average Bonchev–Trinajstić information content (AvgIpc) is 2.54. The number of amides is 1. The van der Waals surface area contributed by atoms with Crippen molar-refractivity contribution in [1.82, 2.24) is 0 Å². The molecule has 0 aliphatic rings. The van der Waals surface area contributed by atoms with Gasteiger partial charge in [-0.05, 0) is 43.2 Å². The van der Waals surface area contributed by atoms with Crippen molar-refractivity contribution < 1.29 is 14.3 Å². The lowest BCUT2D eigenvalue weighted by Crippen LogP contribution is -2.13. The fraction of sp³-hybridized carbons (Fsp3) is 0.278. The van der Waals surface area contributed by atoms with E-state index in [0.717, 1.165) is 11.3 Å². The number of rotatable bonds is 7. The Bertz CT molecular complexity index is 673. The molecule has 4 nitrogen and oxygen atoms in total. The van der Waals surface area contributed by atoms with Gasteiger partial charge in [-0.1, -0.05) is 29.8 Å². The van der Waals surface area contributed by atoms with Crippen molar-refractivity contribution in [1.29, 1.82) is 0 Å². The van der Waals surface area contributed by atoms with Crippen LogP contribution < -0.4 is 14.8 Å². The van der Waals surface area contributed by atoms with E-state index in [0.29, 0.717) is 35.9 Å². The first kappa shape index (κ1) is 17.2. The molecule has 0 unspecified atom stereocenters. The van der Waals surface area contributed by atoms with Crippen LogP contribution in [0.3, 0.4) is 0 Å². The molecule has 0 heterocycles. The monoisotopic (exact) mass is 333 g/mol. The molecule has 0 spiro atoms. The highest BCUT2D eigenvalue weighted by atomic mass is 35.5. The van der Waals surface area contributed by atoms with E-state index in [-0.39, 0.29) is 5.91 Å². The average molecular weight is 334 g/mol. The number of carbonyl (C=O) groups excluding carboxylic acids is 1. The van der Waals surface area contributed by atoms with Crippen molar-refractivity contribution >= 4 is 23.2 Å². The first-order valence-corrected chi connectivity index (χ1v) is 7.86. The molecule has 23 heavy (non-hydrogen) atoms. The van der Waals surface area contributed by atoms with Gasteiger partial charge in [0.1, 0.15) is 11.5 Å². The molecule has 0 saturated heterocycles. The summed E-state index contributed by atoms with van der Waals surface area (Å²) in [6, 6.07) is 12.9. The van der Waals surface area contributed by atoms with E-state index in [2.05, 4.69) is 5.32 Å².